The Bertz CT molecular complexity index is 1910. The van der Waals surface area contributed by atoms with Gasteiger partial charge in [-0.05, 0) is 78.7 Å². The summed E-state index contributed by atoms with van der Waals surface area (Å²) in [6, 6.07) is 6.72. The average molecular weight is 852 g/mol. The topological polar surface area (TPSA) is 173 Å². The molecule has 6 bridgehead atoms. The van der Waals surface area contributed by atoms with Gasteiger partial charge < -0.3 is 47.8 Å². The number of carbonyl (C=O) groups is 3. The minimum Gasteiger partial charge on any atom is -0.458 e. The number of rotatable bonds is 8. The number of nitrogens with zero attached hydrogens (tertiary/aromatic N) is 5. The number of benzene rings is 1. The quantitative estimate of drug-likeness (QED) is 0.285. The first-order valence-electron chi connectivity index (χ1n) is 21.9. The third kappa shape index (κ3) is 8.85. The van der Waals surface area contributed by atoms with Crippen LogP contribution in [0.5, 0.6) is 0 Å². The molecule has 16 heteroatoms. The molecule has 0 aliphatic carbocycles. The van der Waals surface area contributed by atoms with Crippen LogP contribution in [0.1, 0.15) is 80.2 Å². The van der Waals surface area contributed by atoms with Crippen molar-refractivity contribution in [3.8, 4) is 5.69 Å². The second-order valence-electron chi connectivity index (χ2n) is 18.6. The van der Waals surface area contributed by atoms with Gasteiger partial charge in [-0.2, -0.15) is 0 Å². The Labute approximate surface area is 359 Å². The van der Waals surface area contributed by atoms with E-state index in [0.29, 0.717) is 18.6 Å². The van der Waals surface area contributed by atoms with Crippen molar-refractivity contribution in [1.82, 2.24) is 19.4 Å². The van der Waals surface area contributed by atoms with Crippen LogP contribution in [0.3, 0.4) is 0 Å². The smallest absolute Gasteiger partial charge is 0.411 e. The largest absolute Gasteiger partial charge is 0.458 e. The van der Waals surface area contributed by atoms with Gasteiger partial charge in [-0.3, -0.25) is 14.5 Å². The predicted octanol–water partition coefficient (Wildman–Crippen LogP) is 4.78. The molecule has 15 atom stereocenters. The van der Waals surface area contributed by atoms with E-state index in [1.807, 2.05) is 95.6 Å². The lowest BCUT2D eigenvalue weighted by atomic mass is 9.73. The van der Waals surface area contributed by atoms with E-state index in [9.17, 15) is 19.5 Å². The zero-order chi connectivity index (χ0) is 44.0. The first kappa shape index (κ1) is 45.1. The Morgan fingerprint density at radius 1 is 1.07 bits per heavy atom. The standard InChI is InChI=1S/C45H65N5O11/c1-11-35-45(8)39-27(4)36(51)25(2)19-44(7)40(60-42-37(52)34(48(9)10)17-26(3)58-42)28(5)38(29(6)41(53)59-35)55-22-31(23-56-44)33(20-50(39)43(54)61-45)47-57-21-30-13-12-14-32(18-30)49-16-15-46-24-49/h12-16,18,24-29,31,34-35,37-40,42,52H,11,17,19-23H2,1-10H3/b47-33-/t25-,26-,27+,28+,29-,31?,34+,35-,37-,38+,39+,40-,42+,44?,45?/m1/s1. The summed E-state index contributed by atoms with van der Waals surface area (Å²) in [5.74, 6) is -4.00. The molecular weight excluding hydrogens is 787 g/mol. The number of fused-ring (bicyclic) bond motifs is 5. The van der Waals surface area contributed by atoms with E-state index in [4.69, 9.17) is 38.4 Å². The van der Waals surface area contributed by atoms with Crippen LogP contribution in [0.4, 0.5) is 4.79 Å². The van der Waals surface area contributed by atoms with Crippen molar-refractivity contribution < 1.29 is 52.7 Å². The maximum Gasteiger partial charge on any atom is 0.411 e. The molecule has 7 rings (SSSR count). The molecular formula is C45H65N5O11. The molecule has 336 valence electrons. The van der Waals surface area contributed by atoms with Crippen LogP contribution < -0.4 is 0 Å². The molecule has 0 saturated carbocycles. The van der Waals surface area contributed by atoms with Crippen molar-refractivity contribution in [2.75, 3.05) is 33.9 Å². The highest BCUT2D eigenvalue weighted by Crippen LogP contribution is 2.45. The molecule has 1 N–H and O–H groups in total. The summed E-state index contributed by atoms with van der Waals surface area (Å²) in [4.78, 5) is 57.4. The average Bonchev–Trinajstić information content (AvgIpc) is 3.86. The monoisotopic (exact) mass is 851 g/mol. The number of aliphatic hydroxyl groups is 1. The number of cyclic esters (lactones) is 1. The van der Waals surface area contributed by atoms with Crippen molar-refractivity contribution in [3.05, 3.63) is 48.5 Å². The van der Waals surface area contributed by atoms with Gasteiger partial charge in [0.05, 0.1) is 67.7 Å². The number of Topliss-reactive ketones (excluding diaryl/α,β-unsaturated/α-hetero) is 1. The second-order valence-corrected chi connectivity index (χ2v) is 18.6. The first-order valence-corrected chi connectivity index (χ1v) is 21.9. The molecule has 16 nitrogen and oxygen atoms in total. The number of ether oxygens (including phenoxy) is 6. The fraction of sp³-hybridized carbons (Fsp3) is 0.711. The lowest BCUT2D eigenvalue weighted by molar-refractivity contribution is -0.302. The zero-order valence-electron chi connectivity index (χ0n) is 37.3. The zero-order valence-corrected chi connectivity index (χ0v) is 37.3. The molecule has 5 aliphatic rings. The predicted molar refractivity (Wildman–Crippen MR) is 223 cm³/mol. The van der Waals surface area contributed by atoms with E-state index >= 15 is 0 Å². The Kier molecular flexibility index (Phi) is 13.3. The minimum atomic E-state index is -1.39. The molecule has 5 saturated heterocycles. The molecule has 3 unspecified atom stereocenters. The molecule has 0 radical (unpaired) electrons. The van der Waals surface area contributed by atoms with E-state index in [2.05, 4.69) is 4.98 Å². The Morgan fingerprint density at radius 3 is 2.54 bits per heavy atom. The van der Waals surface area contributed by atoms with Gasteiger partial charge in [0.25, 0.3) is 0 Å². The summed E-state index contributed by atoms with van der Waals surface area (Å²) in [7, 11) is 3.83. The van der Waals surface area contributed by atoms with Crippen LogP contribution in [0.25, 0.3) is 5.69 Å². The third-order valence-electron chi connectivity index (χ3n) is 13.9. The number of esters is 1. The minimum absolute atomic E-state index is 0.0383. The molecule has 1 aromatic carbocycles. The summed E-state index contributed by atoms with van der Waals surface area (Å²) in [6.07, 6.45) is 0.931. The molecule has 1 amide bonds. The van der Waals surface area contributed by atoms with Crippen LogP contribution in [0.15, 0.2) is 48.1 Å². The molecule has 61 heavy (non-hydrogen) atoms. The lowest BCUT2D eigenvalue weighted by Crippen LogP contribution is -2.61. The van der Waals surface area contributed by atoms with E-state index in [0.717, 1.165) is 11.3 Å². The number of oxime groups is 1. The van der Waals surface area contributed by atoms with Crippen LogP contribution in [-0.2, 0) is 49.5 Å². The number of amides is 1. The number of ketones is 1. The van der Waals surface area contributed by atoms with Gasteiger partial charge >= 0.3 is 12.1 Å². The molecule has 5 fully saturated rings. The summed E-state index contributed by atoms with van der Waals surface area (Å²) >= 11 is 0. The van der Waals surface area contributed by atoms with Crippen molar-refractivity contribution in [2.45, 2.75) is 141 Å². The molecule has 2 aromatic rings. The summed E-state index contributed by atoms with van der Waals surface area (Å²) in [5, 5.41) is 16.5. The van der Waals surface area contributed by atoms with E-state index < -0.39 is 89.6 Å². The summed E-state index contributed by atoms with van der Waals surface area (Å²) in [6.45, 7) is 15.0. The van der Waals surface area contributed by atoms with Crippen LogP contribution in [-0.4, -0.2) is 142 Å². The molecule has 5 aliphatic heterocycles. The number of carbonyl (C=O) groups excluding carboxylic acids is 3. The van der Waals surface area contributed by atoms with Crippen LogP contribution >= 0.6 is 0 Å². The van der Waals surface area contributed by atoms with E-state index in [1.165, 1.54) is 0 Å². The van der Waals surface area contributed by atoms with Gasteiger partial charge in [0, 0.05) is 47.8 Å². The summed E-state index contributed by atoms with van der Waals surface area (Å²) in [5.41, 5.74) is -0.389. The molecule has 6 heterocycles. The van der Waals surface area contributed by atoms with Crippen molar-refractivity contribution in [1.29, 1.82) is 0 Å². The molecule has 0 spiro atoms. The number of hydrogen-bond donors (Lipinski definition) is 1. The fourth-order valence-electron chi connectivity index (χ4n) is 10.6. The highest BCUT2D eigenvalue weighted by molar-refractivity contribution is 5.92. The fourth-order valence-corrected chi connectivity index (χ4v) is 10.6. The van der Waals surface area contributed by atoms with Gasteiger partial charge in [0.15, 0.2) is 11.9 Å². The highest BCUT2D eigenvalue weighted by Gasteiger charge is 2.61. The van der Waals surface area contributed by atoms with E-state index in [-0.39, 0.29) is 50.7 Å². The maximum atomic E-state index is 14.9. The van der Waals surface area contributed by atoms with Gasteiger partial charge in [-0.1, -0.05) is 45.0 Å². The number of hydrogen-bond acceptors (Lipinski definition) is 14. The Morgan fingerprint density at radius 2 is 1.84 bits per heavy atom. The van der Waals surface area contributed by atoms with Crippen molar-refractivity contribution in [3.63, 3.8) is 0 Å². The van der Waals surface area contributed by atoms with Crippen molar-refractivity contribution >= 4 is 23.6 Å². The van der Waals surface area contributed by atoms with Crippen molar-refractivity contribution in [2.24, 2.45) is 34.7 Å². The van der Waals surface area contributed by atoms with E-state index in [1.54, 1.807) is 31.3 Å². The number of aliphatic hydroxyl groups excluding tert-OH is 1. The van der Waals surface area contributed by atoms with Crippen LogP contribution in [0.2, 0.25) is 0 Å². The summed E-state index contributed by atoms with van der Waals surface area (Å²) < 4.78 is 41.8. The van der Waals surface area contributed by atoms with Crippen LogP contribution in [0, 0.1) is 29.6 Å². The lowest BCUT2D eigenvalue weighted by Gasteiger charge is -2.48. The first-order chi connectivity index (χ1) is 28.9. The van der Waals surface area contributed by atoms with Gasteiger partial charge in [-0.15, -0.1) is 0 Å². The number of imidazole rings is 1. The normalized spacial score (nSPS) is 40.5. The number of likely N-dealkylation sites (N-methyl/N-ethyl adjacent to an activating group) is 1. The van der Waals surface area contributed by atoms with Gasteiger partial charge in [0.2, 0.25) is 0 Å². The second kappa shape index (κ2) is 18.0. The SMILES string of the molecule is CC[C@H]1OC(=O)[C@H](C)[C@H]2OCC3COC(C)(C[C@@H](C)C(=O)[C@H](C)[C@@H]4N(C/C3=N/OCc3cccc(-n5ccnc5)c3)C(=O)OC41C)[C@H](O[C@@H]1O[C@H](C)C[C@H](N(C)C)[C@H]1O)[C@H]2C. The highest BCUT2D eigenvalue weighted by atomic mass is 16.7. The van der Waals surface area contributed by atoms with Gasteiger partial charge in [-0.25, -0.2) is 9.78 Å². The Balaban J connectivity index is 1.36. The Hall–Kier alpha value is -3.93. The van der Waals surface area contributed by atoms with Gasteiger partial charge in [0.1, 0.15) is 24.6 Å². The third-order valence-corrected chi connectivity index (χ3v) is 13.9. The maximum absolute atomic E-state index is 14.9. The number of aromatic nitrogens is 2. The molecule has 1 aromatic heterocycles.